The number of alkyl halides is 6. The Morgan fingerprint density at radius 3 is 2.38 bits per heavy atom. The maximum atomic E-state index is 13.5. The van der Waals surface area contributed by atoms with E-state index in [9.17, 15) is 34.8 Å². The summed E-state index contributed by atoms with van der Waals surface area (Å²) in [4.78, 5) is 4.77. The Balaban J connectivity index is 1.30. The van der Waals surface area contributed by atoms with Gasteiger partial charge in [-0.15, -0.1) is 11.3 Å². The van der Waals surface area contributed by atoms with Gasteiger partial charge in [0.15, 0.2) is 0 Å². The summed E-state index contributed by atoms with van der Waals surface area (Å²) >= 11 is 1.15. The highest BCUT2D eigenvalue weighted by molar-refractivity contribution is 7.87. The normalized spacial score (nSPS) is 26.6. The van der Waals surface area contributed by atoms with Crippen LogP contribution in [0.3, 0.4) is 0 Å². The number of halogens is 6. The number of rotatable bonds is 3. The minimum Gasteiger partial charge on any atom is -0.244 e. The van der Waals surface area contributed by atoms with Crippen LogP contribution in [-0.4, -0.2) is 42.5 Å². The van der Waals surface area contributed by atoms with Gasteiger partial charge in [0.25, 0.3) is 10.2 Å². The van der Waals surface area contributed by atoms with Crippen molar-refractivity contribution in [3.05, 3.63) is 65.4 Å². The predicted octanol–water partition coefficient (Wildman–Crippen LogP) is 6.07. The third kappa shape index (κ3) is 4.76. The van der Waals surface area contributed by atoms with Gasteiger partial charge in [-0.2, -0.15) is 43.8 Å². The highest BCUT2D eigenvalue weighted by atomic mass is 32.2. The number of fused-ring (bicyclic) bond motifs is 1. The van der Waals surface area contributed by atoms with Crippen molar-refractivity contribution in [2.45, 2.75) is 43.6 Å². The van der Waals surface area contributed by atoms with Gasteiger partial charge in [-0.1, -0.05) is 30.3 Å². The zero-order valence-electron chi connectivity index (χ0n) is 20.3. The van der Waals surface area contributed by atoms with E-state index in [1.54, 1.807) is 6.07 Å². The fraction of sp³-hybridized carbons (Fsp3) is 0.423. The fourth-order valence-corrected chi connectivity index (χ4v) is 9.11. The first kappa shape index (κ1) is 26.7. The molecular formula is C26H23F6N3O2S2. The molecule has 1 aromatic heterocycles. The molecule has 1 aliphatic heterocycles. The molecule has 0 radical (unpaired) electrons. The van der Waals surface area contributed by atoms with Crippen molar-refractivity contribution in [3.8, 4) is 21.0 Å². The summed E-state index contributed by atoms with van der Waals surface area (Å²) in [7, 11) is -4.27. The molecule has 13 heteroatoms. The molecule has 5 nitrogen and oxygen atoms in total. The average Bonchev–Trinajstić information content (AvgIpc) is 3.47. The zero-order valence-corrected chi connectivity index (χ0v) is 21.9. The summed E-state index contributed by atoms with van der Waals surface area (Å²) in [6, 6.07) is 11.0. The molecule has 2 aromatic carbocycles. The summed E-state index contributed by atoms with van der Waals surface area (Å²) in [5.74, 6) is -0.328. The van der Waals surface area contributed by atoms with E-state index >= 15 is 0 Å². The molecule has 0 unspecified atom stereocenters. The first-order valence-corrected chi connectivity index (χ1v) is 14.6. The van der Waals surface area contributed by atoms with Crippen LogP contribution in [-0.2, 0) is 29.2 Å². The van der Waals surface area contributed by atoms with Gasteiger partial charge in [0.05, 0.1) is 16.0 Å². The first-order valence-electron chi connectivity index (χ1n) is 12.4. The van der Waals surface area contributed by atoms with Crippen LogP contribution >= 0.6 is 11.3 Å². The number of nitrogens with one attached hydrogen (secondary N) is 1. The maximum Gasteiger partial charge on any atom is 0.417 e. The van der Waals surface area contributed by atoms with Gasteiger partial charge in [0.1, 0.15) is 11.6 Å². The second kappa shape index (κ2) is 9.02. The molecule has 3 aromatic rings. The van der Waals surface area contributed by atoms with Crippen LogP contribution in [0.1, 0.15) is 29.5 Å². The van der Waals surface area contributed by atoms with Crippen molar-refractivity contribution in [3.63, 3.8) is 0 Å². The molecule has 2 aliphatic carbocycles. The van der Waals surface area contributed by atoms with E-state index < -0.39 is 40.2 Å². The number of hydrogen-bond acceptors (Lipinski definition) is 4. The molecule has 1 saturated heterocycles. The van der Waals surface area contributed by atoms with Crippen molar-refractivity contribution in [2.24, 2.45) is 11.8 Å². The Bertz CT molecular complexity index is 1530. The van der Waals surface area contributed by atoms with Crippen LogP contribution < -0.4 is 4.72 Å². The van der Waals surface area contributed by atoms with Crippen LogP contribution in [0.5, 0.6) is 0 Å². The largest absolute Gasteiger partial charge is 0.417 e. The number of thiazole rings is 1. The topological polar surface area (TPSA) is 62.3 Å². The Labute approximate surface area is 225 Å². The van der Waals surface area contributed by atoms with Gasteiger partial charge >= 0.3 is 12.4 Å². The van der Waals surface area contributed by atoms with Gasteiger partial charge in [0.2, 0.25) is 0 Å². The summed E-state index contributed by atoms with van der Waals surface area (Å²) in [6.45, 7) is -1.75. The van der Waals surface area contributed by atoms with E-state index in [-0.39, 0.29) is 23.9 Å². The third-order valence-corrected chi connectivity index (χ3v) is 10.8. The molecular weight excluding hydrogens is 564 g/mol. The Morgan fingerprint density at radius 2 is 1.69 bits per heavy atom. The van der Waals surface area contributed by atoms with Gasteiger partial charge in [-0.05, 0) is 60.8 Å². The molecule has 6 rings (SSSR count). The molecule has 3 atom stereocenters. The SMILES string of the molecule is O=S1(=O)N[C@@]2(CN1CC(F)(F)F)[C@@H]1CC[C@H]2Cc2ccc(-c3ncc(-c4ccccc4C(F)(F)F)s3)cc2C1. The van der Waals surface area contributed by atoms with Crippen LogP contribution in [0.15, 0.2) is 48.7 Å². The van der Waals surface area contributed by atoms with Crippen molar-refractivity contribution in [1.82, 2.24) is 14.0 Å². The van der Waals surface area contributed by atoms with Crippen molar-refractivity contribution in [1.29, 1.82) is 0 Å². The number of nitrogens with zero attached hydrogens (tertiary/aromatic N) is 2. The molecule has 1 spiro atoms. The highest BCUT2D eigenvalue weighted by Gasteiger charge is 2.60. The molecule has 39 heavy (non-hydrogen) atoms. The molecule has 1 N–H and O–H groups in total. The summed E-state index contributed by atoms with van der Waals surface area (Å²) < 4.78 is 108. The molecule has 208 valence electrons. The lowest BCUT2D eigenvalue weighted by molar-refractivity contribution is -0.137. The molecule has 2 heterocycles. The Kier molecular flexibility index (Phi) is 6.18. The molecule has 0 amide bonds. The minimum absolute atomic E-state index is 0.0553. The van der Waals surface area contributed by atoms with Crippen LogP contribution in [0.4, 0.5) is 26.3 Å². The number of benzene rings is 2. The van der Waals surface area contributed by atoms with Crippen LogP contribution in [0, 0.1) is 11.8 Å². The summed E-state index contributed by atoms with van der Waals surface area (Å²) in [6.07, 6.45) is -5.31. The van der Waals surface area contributed by atoms with E-state index in [0.29, 0.717) is 39.9 Å². The molecule has 2 bridgehead atoms. The first-order chi connectivity index (χ1) is 18.3. The lowest BCUT2D eigenvalue weighted by Gasteiger charge is -2.33. The van der Waals surface area contributed by atoms with Crippen molar-refractivity contribution in [2.75, 3.05) is 13.1 Å². The lowest BCUT2D eigenvalue weighted by atomic mass is 9.79. The van der Waals surface area contributed by atoms with E-state index in [2.05, 4.69) is 9.71 Å². The van der Waals surface area contributed by atoms with Gasteiger partial charge in [-0.3, -0.25) is 0 Å². The van der Waals surface area contributed by atoms with Crippen molar-refractivity contribution >= 4 is 21.5 Å². The third-order valence-electron chi connectivity index (χ3n) is 8.16. The average molecular weight is 588 g/mol. The maximum absolute atomic E-state index is 13.5. The number of aromatic nitrogens is 1. The van der Waals surface area contributed by atoms with Gasteiger partial charge in [0, 0.05) is 23.9 Å². The summed E-state index contributed by atoms with van der Waals surface area (Å²) in [5.41, 5.74) is 1.03. The monoisotopic (exact) mass is 587 g/mol. The molecule has 2 fully saturated rings. The lowest BCUT2D eigenvalue weighted by Crippen LogP contribution is -2.52. The van der Waals surface area contributed by atoms with Crippen molar-refractivity contribution < 1.29 is 34.8 Å². The smallest absolute Gasteiger partial charge is 0.244 e. The minimum atomic E-state index is -4.64. The Morgan fingerprint density at radius 1 is 1.00 bits per heavy atom. The second-order valence-corrected chi connectivity index (χ2v) is 13.2. The zero-order chi connectivity index (χ0) is 27.8. The van der Waals surface area contributed by atoms with Gasteiger partial charge in [-0.25, -0.2) is 4.98 Å². The highest BCUT2D eigenvalue weighted by Crippen LogP contribution is 2.51. The van der Waals surface area contributed by atoms with Crippen LogP contribution in [0.25, 0.3) is 21.0 Å². The molecule has 3 aliphatic rings. The predicted molar refractivity (Wildman–Crippen MR) is 134 cm³/mol. The second-order valence-electron chi connectivity index (χ2n) is 10.5. The fourth-order valence-electron chi connectivity index (χ4n) is 6.45. The van der Waals surface area contributed by atoms with Gasteiger partial charge < -0.3 is 0 Å². The van der Waals surface area contributed by atoms with E-state index in [1.807, 2.05) is 18.2 Å². The molecule has 1 saturated carbocycles. The number of hydrogen-bond donors (Lipinski definition) is 1. The van der Waals surface area contributed by atoms with E-state index in [0.717, 1.165) is 34.1 Å². The standard InChI is InChI=1S/C26H23F6N3O2S2/c27-25(28,29)14-35-13-24(34-39(35,36)37)18-7-8-19(24)11-17-9-16(6-5-15(17)10-18)23-33-12-22(38-23)20-3-1-2-4-21(20)26(30,31)32/h1-6,9,12,18-19,34H,7-8,10-11,13-14H2/t18-,19+,24+/m0/s1. The van der Waals surface area contributed by atoms with Crippen LogP contribution in [0.2, 0.25) is 0 Å². The summed E-state index contributed by atoms with van der Waals surface area (Å²) in [5, 5.41) is 0.548. The van der Waals surface area contributed by atoms with E-state index in [1.165, 1.54) is 18.3 Å². The Hall–Kier alpha value is -2.48. The quantitative estimate of drug-likeness (QED) is 0.379. The van der Waals surface area contributed by atoms with E-state index in [4.69, 9.17) is 0 Å².